The van der Waals surface area contributed by atoms with Gasteiger partial charge in [-0.2, -0.15) is 13.5 Å². The summed E-state index contributed by atoms with van der Waals surface area (Å²) in [6.45, 7) is 1.36. The summed E-state index contributed by atoms with van der Waals surface area (Å²) >= 11 is 0. The van der Waals surface area contributed by atoms with E-state index >= 15 is 0 Å². The zero-order valence-corrected chi connectivity index (χ0v) is 15.4. The average molecular weight is 385 g/mol. The number of H-pyrrole nitrogens is 1. The molecule has 8 heteroatoms. The Bertz CT molecular complexity index is 1060. The van der Waals surface area contributed by atoms with Crippen LogP contribution in [0.15, 0.2) is 53.3 Å². The fourth-order valence-electron chi connectivity index (χ4n) is 2.69. The van der Waals surface area contributed by atoms with Crippen molar-refractivity contribution >= 4 is 30.3 Å². The summed E-state index contributed by atoms with van der Waals surface area (Å²) in [4.78, 5) is 24.3. The number of carbonyl (C=O) groups is 1. The fourth-order valence-corrected chi connectivity index (χ4v) is 2.69. The number of benzene rings is 2. The fraction of sp³-hybridized carbons (Fsp3) is 0.158. The van der Waals surface area contributed by atoms with Crippen LogP contribution in [0, 0.1) is 11.8 Å². The van der Waals surface area contributed by atoms with Crippen molar-refractivity contribution < 1.29 is 15.1 Å². The minimum Gasteiger partial charge on any atom is -0.391 e. The summed E-state index contributed by atoms with van der Waals surface area (Å²) in [5.41, 5.74) is 3.03. The molecule has 7 nitrogen and oxygen atoms in total. The Morgan fingerprint density at radius 1 is 1.15 bits per heavy atom. The maximum Gasteiger partial charge on any atom is 0.275 e. The van der Waals surface area contributed by atoms with E-state index in [1.165, 1.54) is 12.4 Å². The monoisotopic (exact) mass is 385 g/mol. The molecule has 0 saturated heterocycles. The van der Waals surface area contributed by atoms with Crippen molar-refractivity contribution in [3.8, 4) is 11.8 Å². The van der Waals surface area contributed by atoms with Crippen molar-refractivity contribution in [1.82, 2.24) is 15.3 Å². The van der Waals surface area contributed by atoms with Crippen molar-refractivity contribution in [2.24, 2.45) is 0 Å². The Labute approximate surface area is 162 Å². The number of aromatic amines is 1. The minimum atomic E-state index is -1.28. The third-order valence-corrected chi connectivity index (χ3v) is 3.95. The molecule has 1 amide bonds. The number of nitrogens with zero attached hydrogens (tertiary/aromatic N) is 1. The van der Waals surface area contributed by atoms with E-state index in [9.17, 15) is 14.7 Å². The van der Waals surface area contributed by atoms with Gasteiger partial charge in [-0.25, -0.2) is 10.2 Å². The summed E-state index contributed by atoms with van der Waals surface area (Å²) in [7, 11) is 0. The highest BCUT2D eigenvalue weighted by atomic mass is 32.1. The summed E-state index contributed by atoms with van der Waals surface area (Å²) in [6, 6.07) is 13.2. The molecule has 2 atom stereocenters. The zero-order chi connectivity index (χ0) is 18.7. The second kappa shape index (κ2) is 8.60. The molecule has 1 heterocycles. The van der Waals surface area contributed by atoms with Gasteiger partial charge < -0.3 is 5.11 Å². The molecule has 3 rings (SSSR count). The Morgan fingerprint density at radius 2 is 1.81 bits per heavy atom. The van der Waals surface area contributed by atoms with E-state index < -0.39 is 23.6 Å². The Balaban J connectivity index is 0.00000261. The topological polar surface area (TPSA) is 107 Å². The third-order valence-electron chi connectivity index (χ3n) is 3.95. The van der Waals surface area contributed by atoms with Gasteiger partial charge in [0.05, 0.1) is 17.0 Å². The molecule has 27 heavy (non-hydrogen) atoms. The molecular weight excluding hydrogens is 366 g/mol. The largest absolute Gasteiger partial charge is 0.391 e. The lowest BCUT2D eigenvalue weighted by Gasteiger charge is -2.17. The molecule has 0 aliphatic heterocycles. The van der Waals surface area contributed by atoms with Crippen LogP contribution in [0.3, 0.4) is 0 Å². The molecule has 4 N–H and O–H groups in total. The molecule has 1 aromatic heterocycles. The van der Waals surface area contributed by atoms with Crippen LogP contribution in [0.4, 0.5) is 0 Å². The molecule has 2 aromatic carbocycles. The highest BCUT2D eigenvalue weighted by Gasteiger charge is 2.28. The number of hydrogen-bond acceptors (Lipinski definition) is 4. The Kier molecular flexibility index (Phi) is 6.47. The standard InChI is InChI=1S/C19H17N3O4.H2S/c1-12(23)17(18(24)21-26)22-19(25)15-10-9-14(11-16(15)20-22)8-7-13-5-3-2-4-6-13;/h2-6,9-12,17,20,23,26H,1H3,(H,21,24);1H2/t12?,17-;/m0./s1. The maximum absolute atomic E-state index is 12.5. The highest BCUT2D eigenvalue weighted by Crippen LogP contribution is 2.15. The van der Waals surface area contributed by atoms with E-state index in [0.717, 1.165) is 10.2 Å². The quantitative estimate of drug-likeness (QED) is 0.309. The molecule has 0 aliphatic rings. The maximum atomic E-state index is 12.5. The number of rotatable bonds is 3. The number of nitrogens with one attached hydrogen (secondary N) is 2. The summed E-state index contributed by atoms with van der Waals surface area (Å²) in [5.74, 6) is 5.16. The number of carbonyl (C=O) groups excluding carboxylic acids is 1. The second-order valence-electron chi connectivity index (χ2n) is 5.82. The van der Waals surface area contributed by atoms with Gasteiger partial charge in [0.15, 0.2) is 6.04 Å². The van der Waals surface area contributed by atoms with Crippen molar-refractivity contribution in [1.29, 1.82) is 0 Å². The van der Waals surface area contributed by atoms with E-state index in [1.807, 2.05) is 30.3 Å². The van der Waals surface area contributed by atoms with Crippen molar-refractivity contribution in [2.45, 2.75) is 19.1 Å². The van der Waals surface area contributed by atoms with Crippen LogP contribution in [0.2, 0.25) is 0 Å². The predicted octanol–water partition coefficient (Wildman–Crippen LogP) is 1.27. The second-order valence-corrected chi connectivity index (χ2v) is 5.82. The van der Waals surface area contributed by atoms with Crippen LogP contribution in [-0.4, -0.2) is 32.1 Å². The first-order valence-electron chi connectivity index (χ1n) is 7.94. The molecule has 0 fully saturated rings. The highest BCUT2D eigenvalue weighted by molar-refractivity contribution is 7.59. The van der Waals surface area contributed by atoms with E-state index in [0.29, 0.717) is 16.5 Å². The van der Waals surface area contributed by atoms with Crippen LogP contribution in [0.1, 0.15) is 24.1 Å². The van der Waals surface area contributed by atoms with Gasteiger partial charge in [-0.05, 0) is 37.3 Å². The number of fused-ring (bicyclic) bond motifs is 1. The summed E-state index contributed by atoms with van der Waals surface area (Å²) < 4.78 is 0.995. The number of hydrogen-bond donors (Lipinski definition) is 4. The molecule has 0 saturated carbocycles. The number of aromatic nitrogens is 2. The summed E-state index contributed by atoms with van der Waals surface area (Å²) in [5, 5.41) is 21.8. The molecule has 0 aliphatic carbocycles. The molecule has 1 unspecified atom stereocenters. The van der Waals surface area contributed by atoms with Crippen LogP contribution < -0.4 is 11.0 Å². The minimum absolute atomic E-state index is 0. The van der Waals surface area contributed by atoms with Gasteiger partial charge in [-0.15, -0.1) is 0 Å². The third kappa shape index (κ3) is 4.23. The van der Waals surface area contributed by atoms with Crippen molar-refractivity contribution in [3.05, 3.63) is 70.0 Å². The smallest absolute Gasteiger partial charge is 0.275 e. The van der Waals surface area contributed by atoms with Crippen LogP contribution in [0.5, 0.6) is 0 Å². The van der Waals surface area contributed by atoms with Gasteiger partial charge in [0.1, 0.15) is 0 Å². The van der Waals surface area contributed by atoms with Gasteiger partial charge in [0.25, 0.3) is 11.5 Å². The van der Waals surface area contributed by atoms with Gasteiger partial charge in [-0.3, -0.25) is 19.9 Å². The lowest BCUT2D eigenvalue weighted by molar-refractivity contribution is -0.136. The van der Waals surface area contributed by atoms with E-state index in [1.54, 1.807) is 18.2 Å². The van der Waals surface area contributed by atoms with Crippen LogP contribution >= 0.6 is 13.5 Å². The normalized spacial score (nSPS) is 12.4. The predicted molar refractivity (Wildman–Crippen MR) is 106 cm³/mol. The molecule has 0 radical (unpaired) electrons. The lowest BCUT2D eigenvalue weighted by Crippen LogP contribution is -2.41. The van der Waals surface area contributed by atoms with Gasteiger partial charge >= 0.3 is 0 Å². The molecule has 0 bridgehead atoms. The molecular formula is C19H19N3O4S. The number of aliphatic hydroxyl groups excluding tert-OH is 1. The first-order valence-corrected chi connectivity index (χ1v) is 7.94. The van der Waals surface area contributed by atoms with Gasteiger partial charge in [0, 0.05) is 11.1 Å². The molecule has 3 aromatic rings. The number of aliphatic hydroxyl groups is 1. The lowest BCUT2D eigenvalue weighted by atomic mass is 10.1. The van der Waals surface area contributed by atoms with Gasteiger partial charge in [-0.1, -0.05) is 30.0 Å². The first-order chi connectivity index (χ1) is 12.5. The van der Waals surface area contributed by atoms with Gasteiger partial charge in [0.2, 0.25) is 0 Å². The first kappa shape index (κ1) is 20.3. The zero-order valence-electron chi connectivity index (χ0n) is 14.4. The van der Waals surface area contributed by atoms with E-state index in [4.69, 9.17) is 5.21 Å². The SMILES string of the molecule is CC(O)[C@@H](C(=O)NO)n1[nH]c2cc(C#Cc3ccccc3)ccc2c1=O.S. The van der Waals surface area contributed by atoms with E-state index in [-0.39, 0.29) is 13.5 Å². The van der Waals surface area contributed by atoms with Crippen LogP contribution in [0.25, 0.3) is 10.9 Å². The Hall–Kier alpha value is -2.99. The Morgan fingerprint density at radius 3 is 2.44 bits per heavy atom. The average Bonchev–Trinajstić information content (AvgIpc) is 2.96. The van der Waals surface area contributed by atoms with Crippen molar-refractivity contribution in [3.63, 3.8) is 0 Å². The molecule has 140 valence electrons. The van der Waals surface area contributed by atoms with E-state index in [2.05, 4.69) is 16.9 Å². The molecule has 0 spiro atoms. The number of amides is 1. The van der Waals surface area contributed by atoms with Crippen molar-refractivity contribution in [2.75, 3.05) is 0 Å². The number of hydroxylamine groups is 1. The van der Waals surface area contributed by atoms with Crippen LogP contribution in [-0.2, 0) is 4.79 Å². The summed E-state index contributed by atoms with van der Waals surface area (Å²) in [6.07, 6.45) is -1.19.